The summed E-state index contributed by atoms with van der Waals surface area (Å²) in [5, 5.41) is 8.55. The van der Waals surface area contributed by atoms with E-state index in [0.29, 0.717) is 11.6 Å². The van der Waals surface area contributed by atoms with E-state index in [1.54, 1.807) is 12.3 Å². The molecule has 1 heterocycles. The molecule has 2 fully saturated rings. The van der Waals surface area contributed by atoms with Crippen LogP contribution in [-0.4, -0.2) is 22.7 Å². The molecule has 2 saturated carbocycles. The molecule has 20 heavy (non-hydrogen) atoms. The minimum Gasteiger partial charge on any atom is -0.492 e. The molecule has 0 radical (unpaired) electrons. The van der Waals surface area contributed by atoms with E-state index in [4.69, 9.17) is 9.84 Å². The second-order valence-electron chi connectivity index (χ2n) is 5.84. The van der Waals surface area contributed by atoms with Crippen molar-refractivity contribution in [3.05, 3.63) is 30.1 Å². The Morgan fingerprint density at radius 2 is 2.30 bits per heavy atom. The molecule has 1 N–H and O–H groups in total. The third-order valence-electron chi connectivity index (χ3n) is 4.50. The lowest BCUT2D eigenvalue weighted by atomic mass is 9.90. The molecule has 0 aliphatic heterocycles. The highest BCUT2D eigenvalue weighted by molar-refractivity contribution is 5.84. The van der Waals surface area contributed by atoms with E-state index in [2.05, 4.69) is 4.98 Å². The zero-order valence-corrected chi connectivity index (χ0v) is 11.4. The molecule has 3 unspecified atom stereocenters. The Hall–Kier alpha value is -1.84. The monoisotopic (exact) mass is 273 g/mol. The van der Waals surface area contributed by atoms with Crippen molar-refractivity contribution in [3.8, 4) is 5.75 Å². The Morgan fingerprint density at radius 1 is 1.40 bits per heavy atom. The van der Waals surface area contributed by atoms with Crippen molar-refractivity contribution in [1.29, 1.82) is 0 Å². The third-order valence-corrected chi connectivity index (χ3v) is 4.50. The molecular formula is C16H19NO3. The molecule has 0 spiro atoms. The molecule has 3 atom stereocenters. The van der Waals surface area contributed by atoms with Gasteiger partial charge in [-0.05, 0) is 55.2 Å². The van der Waals surface area contributed by atoms with Gasteiger partial charge >= 0.3 is 5.97 Å². The van der Waals surface area contributed by atoms with Crippen molar-refractivity contribution >= 4 is 12.0 Å². The fourth-order valence-corrected chi connectivity index (χ4v) is 3.52. The molecule has 0 saturated heterocycles. The number of carboxylic acids is 1. The summed E-state index contributed by atoms with van der Waals surface area (Å²) >= 11 is 0. The second kappa shape index (κ2) is 5.65. The van der Waals surface area contributed by atoms with Crippen LogP contribution in [0.1, 0.15) is 31.4 Å². The van der Waals surface area contributed by atoms with Gasteiger partial charge < -0.3 is 9.84 Å². The Bertz CT molecular complexity index is 509. The van der Waals surface area contributed by atoms with Crippen molar-refractivity contribution in [2.45, 2.75) is 25.7 Å². The largest absolute Gasteiger partial charge is 0.492 e. The number of hydrogen-bond acceptors (Lipinski definition) is 3. The number of carbonyl (C=O) groups is 1. The zero-order chi connectivity index (χ0) is 13.9. The standard InChI is InChI=1S/C16H19NO3/c18-16(19)6-4-14-3-5-15(9-17-14)20-10-13-8-11-1-2-12(13)7-11/h3-6,9,11-13H,1-2,7-8,10H2,(H,18,19). The van der Waals surface area contributed by atoms with Gasteiger partial charge in [0.2, 0.25) is 0 Å². The van der Waals surface area contributed by atoms with Crippen LogP contribution in [0.3, 0.4) is 0 Å². The lowest BCUT2D eigenvalue weighted by Crippen LogP contribution is -2.18. The summed E-state index contributed by atoms with van der Waals surface area (Å²) in [7, 11) is 0. The predicted octanol–water partition coefficient (Wildman–Crippen LogP) is 2.99. The summed E-state index contributed by atoms with van der Waals surface area (Å²) in [6, 6.07) is 3.62. The van der Waals surface area contributed by atoms with E-state index < -0.39 is 5.97 Å². The Labute approximate surface area is 118 Å². The van der Waals surface area contributed by atoms with Gasteiger partial charge in [-0.2, -0.15) is 0 Å². The summed E-state index contributed by atoms with van der Waals surface area (Å²) in [5.41, 5.74) is 0.625. The van der Waals surface area contributed by atoms with E-state index in [-0.39, 0.29) is 0 Å². The number of aromatic nitrogens is 1. The predicted molar refractivity (Wildman–Crippen MR) is 75.3 cm³/mol. The Morgan fingerprint density at radius 3 is 2.90 bits per heavy atom. The summed E-state index contributed by atoms with van der Waals surface area (Å²) < 4.78 is 5.82. The molecule has 2 bridgehead atoms. The quantitative estimate of drug-likeness (QED) is 0.838. The van der Waals surface area contributed by atoms with Gasteiger partial charge in [0, 0.05) is 6.08 Å². The summed E-state index contributed by atoms with van der Waals surface area (Å²) in [4.78, 5) is 14.6. The minimum atomic E-state index is -0.969. The first-order valence-electron chi connectivity index (χ1n) is 7.20. The average molecular weight is 273 g/mol. The number of fused-ring (bicyclic) bond motifs is 2. The molecule has 1 aromatic rings. The summed E-state index contributed by atoms with van der Waals surface area (Å²) in [5.74, 6) is 2.31. The first-order chi connectivity index (χ1) is 9.70. The average Bonchev–Trinajstić information content (AvgIpc) is 3.06. The maximum absolute atomic E-state index is 10.4. The minimum absolute atomic E-state index is 0.625. The maximum atomic E-state index is 10.4. The second-order valence-corrected chi connectivity index (χ2v) is 5.84. The molecule has 2 aliphatic carbocycles. The number of carboxylic acid groups (broad SMARTS) is 1. The molecule has 1 aromatic heterocycles. The van der Waals surface area contributed by atoms with Crippen LogP contribution in [0.4, 0.5) is 0 Å². The molecule has 3 rings (SSSR count). The van der Waals surface area contributed by atoms with Gasteiger partial charge in [0.05, 0.1) is 18.5 Å². The van der Waals surface area contributed by atoms with Crippen molar-refractivity contribution < 1.29 is 14.6 Å². The van der Waals surface area contributed by atoms with Crippen molar-refractivity contribution in [3.63, 3.8) is 0 Å². The van der Waals surface area contributed by atoms with E-state index in [0.717, 1.165) is 30.3 Å². The van der Waals surface area contributed by atoms with Gasteiger partial charge in [0.15, 0.2) is 0 Å². The van der Waals surface area contributed by atoms with E-state index in [9.17, 15) is 4.79 Å². The van der Waals surface area contributed by atoms with E-state index in [1.807, 2.05) is 6.07 Å². The van der Waals surface area contributed by atoms with Crippen LogP contribution >= 0.6 is 0 Å². The molecule has 106 valence electrons. The van der Waals surface area contributed by atoms with Crippen LogP contribution in [-0.2, 0) is 4.79 Å². The van der Waals surface area contributed by atoms with Crippen molar-refractivity contribution in [2.75, 3.05) is 6.61 Å². The summed E-state index contributed by atoms with van der Waals surface area (Å²) in [6.45, 7) is 0.785. The normalized spacial score (nSPS) is 28.1. The molecule has 4 heteroatoms. The van der Waals surface area contributed by atoms with Crippen molar-refractivity contribution in [2.24, 2.45) is 17.8 Å². The molecule has 4 nitrogen and oxygen atoms in total. The van der Waals surface area contributed by atoms with Gasteiger partial charge in [-0.15, -0.1) is 0 Å². The van der Waals surface area contributed by atoms with E-state index >= 15 is 0 Å². The van der Waals surface area contributed by atoms with Crippen LogP contribution in [0.25, 0.3) is 6.08 Å². The smallest absolute Gasteiger partial charge is 0.328 e. The third kappa shape index (κ3) is 3.00. The number of aliphatic carboxylic acids is 1. The van der Waals surface area contributed by atoms with Crippen LogP contribution in [0.2, 0.25) is 0 Å². The van der Waals surface area contributed by atoms with Gasteiger partial charge in [-0.1, -0.05) is 6.42 Å². The number of ether oxygens (including phenoxy) is 1. The first-order valence-corrected chi connectivity index (χ1v) is 7.20. The maximum Gasteiger partial charge on any atom is 0.328 e. The van der Waals surface area contributed by atoms with Crippen molar-refractivity contribution in [1.82, 2.24) is 4.98 Å². The molecule has 0 aromatic carbocycles. The van der Waals surface area contributed by atoms with Gasteiger partial charge in [0.1, 0.15) is 5.75 Å². The summed E-state index contributed by atoms with van der Waals surface area (Å²) in [6.07, 6.45) is 9.71. The zero-order valence-electron chi connectivity index (χ0n) is 11.4. The fourth-order valence-electron chi connectivity index (χ4n) is 3.52. The van der Waals surface area contributed by atoms with E-state index in [1.165, 1.54) is 31.8 Å². The topological polar surface area (TPSA) is 59.4 Å². The van der Waals surface area contributed by atoms with Crippen LogP contribution in [0, 0.1) is 17.8 Å². The first kappa shape index (κ1) is 13.2. The Kier molecular flexibility index (Phi) is 3.72. The highest BCUT2D eigenvalue weighted by Crippen LogP contribution is 2.48. The lowest BCUT2D eigenvalue weighted by molar-refractivity contribution is -0.131. The van der Waals surface area contributed by atoms with Gasteiger partial charge in [-0.3, -0.25) is 4.98 Å². The number of pyridine rings is 1. The van der Waals surface area contributed by atoms with Gasteiger partial charge in [-0.25, -0.2) is 4.79 Å². The van der Waals surface area contributed by atoms with Crippen LogP contribution in [0.15, 0.2) is 24.4 Å². The lowest BCUT2D eigenvalue weighted by Gasteiger charge is -2.21. The van der Waals surface area contributed by atoms with Crippen LogP contribution in [0.5, 0.6) is 5.75 Å². The highest BCUT2D eigenvalue weighted by atomic mass is 16.5. The SMILES string of the molecule is O=C(O)C=Cc1ccc(OCC2CC3CCC2C3)cn1. The number of rotatable bonds is 5. The molecule has 2 aliphatic rings. The molecular weight excluding hydrogens is 254 g/mol. The number of nitrogens with zero attached hydrogens (tertiary/aromatic N) is 1. The fraction of sp³-hybridized carbons (Fsp3) is 0.500. The van der Waals surface area contributed by atoms with Crippen LogP contribution < -0.4 is 4.74 Å². The van der Waals surface area contributed by atoms with Gasteiger partial charge in [0.25, 0.3) is 0 Å². The Balaban J connectivity index is 1.52. The molecule has 0 amide bonds. The number of hydrogen-bond donors (Lipinski definition) is 1. The highest BCUT2D eigenvalue weighted by Gasteiger charge is 2.39.